The number of rotatable bonds is 10. The van der Waals surface area contributed by atoms with Crippen LogP contribution in [0.3, 0.4) is 0 Å². The van der Waals surface area contributed by atoms with Crippen LogP contribution in [0.1, 0.15) is 70.6 Å². The first-order valence-corrected chi connectivity index (χ1v) is 9.46. The first kappa shape index (κ1) is 21.3. The highest BCUT2D eigenvalue weighted by atomic mass is 16.5. The Morgan fingerprint density at radius 1 is 1.21 bits per heavy atom. The Hall–Kier alpha value is -2.96. The van der Waals surface area contributed by atoms with E-state index in [2.05, 4.69) is 18.8 Å². The lowest BCUT2D eigenvalue weighted by atomic mass is 10.1. The molecule has 0 spiro atoms. The van der Waals surface area contributed by atoms with Crippen molar-refractivity contribution in [1.29, 1.82) is 0 Å². The fraction of sp³-hybridized carbons (Fsp3) is 0.429. The second-order valence-electron chi connectivity index (χ2n) is 6.81. The molecule has 0 bridgehead atoms. The Labute approximate surface area is 164 Å². The summed E-state index contributed by atoms with van der Waals surface area (Å²) in [6.45, 7) is 7.25. The summed E-state index contributed by atoms with van der Waals surface area (Å²) in [4.78, 5) is 49.7. The molecule has 1 atom stereocenters. The molecule has 7 nitrogen and oxygen atoms in total. The number of unbranched alkanes of at least 4 members (excludes halogenated alkanes) is 2. The fourth-order valence-electron chi connectivity index (χ4n) is 3.02. The maximum absolute atomic E-state index is 12.3. The molecule has 28 heavy (non-hydrogen) atoms. The third kappa shape index (κ3) is 5.06. The lowest BCUT2D eigenvalue weighted by Gasteiger charge is -2.13. The van der Waals surface area contributed by atoms with Crippen LogP contribution in [-0.4, -0.2) is 47.8 Å². The van der Waals surface area contributed by atoms with Crippen molar-refractivity contribution in [3.8, 4) is 0 Å². The van der Waals surface area contributed by atoms with E-state index in [1.807, 2.05) is 6.92 Å². The summed E-state index contributed by atoms with van der Waals surface area (Å²) in [5.41, 5.74) is 0.501. The largest absolute Gasteiger partial charge is 0.452 e. The van der Waals surface area contributed by atoms with Crippen LogP contribution in [0.15, 0.2) is 30.9 Å². The van der Waals surface area contributed by atoms with E-state index in [1.165, 1.54) is 24.3 Å². The van der Waals surface area contributed by atoms with Crippen LogP contribution < -0.4 is 5.32 Å². The van der Waals surface area contributed by atoms with Gasteiger partial charge in [0.2, 0.25) is 0 Å². The van der Waals surface area contributed by atoms with Gasteiger partial charge in [-0.15, -0.1) is 6.58 Å². The van der Waals surface area contributed by atoms with Crippen LogP contribution in [0.5, 0.6) is 0 Å². The van der Waals surface area contributed by atoms with Gasteiger partial charge in [-0.05, 0) is 31.5 Å². The Morgan fingerprint density at radius 3 is 2.61 bits per heavy atom. The number of hydrogen-bond donors (Lipinski definition) is 1. The van der Waals surface area contributed by atoms with E-state index in [1.54, 1.807) is 0 Å². The van der Waals surface area contributed by atoms with Crippen molar-refractivity contribution in [3.63, 3.8) is 0 Å². The number of hydrogen-bond acceptors (Lipinski definition) is 5. The minimum atomic E-state index is -0.723. The zero-order chi connectivity index (χ0) is 20.7. The third-order valence-corrected chi connectivity index (χ3v) is 4.50. The number of amides is 3. The number of imide groups is 1. The Balaban J connectivity index is 1.92. The van der Waals surface area contributed by atoms with Crippen molar-refractivity contribution in [2.24, 2.45) is 0 Å². The maximum Gasteiger partial charge on any atom is 0.338 e. The molecule has 1 aromatic rings. The molecule has 150 valence electrons. The molecule has 3 amide bonds. The SMILES string of the molecule is C=CCN1C(=O)c2ccc(C(=O)OCC(=O)N[C@@H](C)CCCCC)cc2C1=O. The van der Waals surface area contributed by atoms with E-state index in [-0.39, 0.29) is 35.2 Å². The van der Waals surface area contributed by atoms with Crippen molar-refractivity contribution in [1.82, 2.24) is 10.2 Å². The average Bonchev–Trinajstić information content (AvgIpc) is 2.91. The summed E-state index contributed by atoms with van der Waals surface area (Å²) in [7, 11) is 0. The standard InChI is InChI=1S/C21H26N2O5/c1-4-6-7-8-14(3)22-18(24)13-28-21(27)15-9-10-16-17(12-15)20(26)23(11-5-2)19(16)25/h5,9-10,12,14H,2,4,6-8,11,13H2,1,3H3,(H,22,24)/t14-/m0/s1. The maximum atomic E-state index is 12.3. The van der Waals surface area contributed by atoms with Crippen LogP contribution >= 0.6 is 0 Å². The Morgan fingerprint density at radius 2 is 1.93 bits per heavy atom. The van der Waals surface area contributed by atoms with E-state index in [0.717, 1.165) is 30.6 Å². The number of carbonyl (C=O) groups is 4. The highest BCUT2D eigenvalue weighted by Crippen LogP contribution is 2.24. The number of fused-ring (bicyclic) bond motifs is 1. The Bertz CT molecular complexity index is 787. The molecule has 1 aromatic carbocycles. The van der Waals surface area contributed by atoms with Crippen molar-refractivity contribution in [2.75, 3.05) is 13.2 Å². The van der Waals surface area contributed by atoms with Gasteiger partial charge in [0.1, 0.15) is 0 Å². The highest BCUT2D eigenvalue weighted by Gasteiger charge is 2.35. The Kier molecular flexibility index (Phi) is 7.49. The number of nitrogens with one attached hydrogen (secondary N) is 1. The lowest BCUT2D eigenvalue weighted by Crippen LogP contribution is -2.35. The minimum absolute atomic E-state index is 0.0113. The van der Waals surface area contributed by atoms with Crippen LogP contribution in [0, 0.1) is 0 Å². The van der Waals surface area contributed by atoms with Crippen LogP contribution in [0.4, 0.5) is 0 Å². The van der Waals surface area contributed by atoms with Gasteiger partial charge >= 0.3 is 5.97 Å². The summed E-state index contributed by atoms with van der Waals surface area (Å²) in [5.74, 6) is -2.00. The van der Waals surface area contributed by atoms with Gasteiger partial charge in [0, 0.05) is 12.6 Å². The van der Waals surface area contributed by atoms with Gasteiger partial charge in [-0.1, -0.05) is 32.3 Å². The number of esters is 1. The van der Waals surface area contributed by atoms with E-state index >= 15 is 0 Å². The molecule has 0 saturated carbocycles. The van der Waals surface area contributed by atoms with Crippen molar-refractivity contribution in [3.05, 3.63) is 47.5 Å². The summed E-state index contributed by atoms with van der Waals surface area (Å²) in [6.07, 6.45) is 5.58. The second kappa shape index (κ2) is 9.82. The number of carbonyl (C=O) groups excluding carboxylic acids is 4. The van der Waals surface area contributed by atoms with Gasteiger partial charge in [0.05, 0.1) is 16.7 Å². The lowest BCUT2D eigenvalue weighted by molar-refractivity contribution is -0.124. The molecule has 0 radical (unpaired) electrons. The second-order valence-corrected chi connectivity index (χ2v) is 6.81. The molecule has 0 fully saturated rings. The number of benzene rings is 1. The first-order valence-electron chi connectivity index (χ1n) is 9.46. The van der Waals surface area contributed by atoms with Crippen molar-refractivity contribution < 1.29 is 23.9 Å². The molecular formula is C21H26N2O5. The average molecular weight is 386 g/mol. The smallest absolute Gasteiger partial charge is 0.338 e. The summed E-state index contributed by atoms with van der Waals surface area (Å²) < 4.78 is 5.04. The molecule has 2 rings (SSSR count). The highest BCUT2D eigenvalue weighted by molar-refractivity contribution is 6.22. The monoisotopic (exact) mass is 386 g/mol. The van der Waals surface area contributed by atoms with E-state index in [4.69, 9.17) is 4.74 Å². The molecule has 1 N–H and O–H groups in total. The van der Waals surface area contributed by atoms with Crippen LogP contribution in [0.25, 0.3) is 0 Å². The van der Waals surface area contributed by atoms with E-state index in [9.17, 15) is 19.2 Å². The molecule has 0 aromatic heterocycles. The van der Waals surface area contributed by atoms with Gasteiger partial charge in [-0.25, -0.2) is 4.79 Å². The molecule has 1 heterocycles. The van der Waals surface area contributed by atoms with Gasteiger partial charge in [0.15, 0.2) is 6.61 Å². The zero-order valence-corrected chi connectivity index (χ0v) is 16.3. The van der Waals surface area contributed by atoms with Crippen LogP contribution in [0.2, 0.25) is 0 Å². The normalized spacial score (nSPS) is 13.9. The van der Waals surface area contributed by atoms with Gasteiger partial charge in [-0.3, -0.25) is 19.3 Å². The zero-order valence-electron chi connectivity index (χ0n) is 16.3. The molecule has 0 unspecified atom stereocenters. The van der Waals surface area contributed by atoms with Gasteiger partial charge in [0.25, 0.3) is 17.7 Å². The summed E-state index contributed by atoms with van der Waals surface area (Å²) >= 11 is 0. The third-order valence-electron chi connectivity index (χ3n) is 4.50. The molecule has 0 saturated heterocycles. The quantitative estimate of drug-likeness (QED) is 0.289. The first-order chi connectivity index (χ1) is 13.4. The topological polar surface area (TPSA) is 92.8 Å². The molecule has 1 aliphatic rings. The van der Waals surface area contributed by atoms with Crippen LogP contribution in [-0.2, 0) is 9.53 Å². The molecule has 0 aliphatic carbocycles. The summed E-state index contributed by atoms with van der Waals surface area (Å²) in [6, 6.07) is 4.17. The molecule has 7 heteroatoms. The van der Waals surface area contributed by atoms with Gasteiger partial charge < -0.3 is 10.1 Å². The van der Waals surface area contributed by atoms with Crippen molar-refractivity contribution in [2.45, 2.75) is 45.6 Å². The number of ether oxygens (including phenoxy) is 1. The molecule has 1 aliphatic heterocycles. The predicted molar refractivity (Wildman–Crippen MR) is 104 cm³/mol. The van der Waals surface area contributed by atoms with E-state index < -0.39 is 24.4 Å². The van der Waals surface area contributed by atoms with E-state index in [0.29, 0.717) is 0 Å². The predicted octanol–water partition coefficient (Wildman–Crippen LogP) is 2.71. The summed E-state index contributed by atoms with van der Waals surface area (Å²) in [5, 5.41) is 2.79. The minimum Gasteiger partial charge on any atom is -0.452 e. The number of nitrogens with zero attached hydrogens (tertiary/aromatic N) is 1. The fourth-order valence-corrected chi connectivity index (χ4v) is 3.02. The molecular weight excluding hydrogens is 360 g/mol. The van der Waals surface area contributed by atoms with Gasteiger partial charge in [-0.2, -0.15) is 0 Å². The van der Waals surface area contributed by atoms with Crippen molar-refractivity contribution >= 4 is 23.7 Å².